The van der Waals surface area contributed by atoms with Crippen LogP contribution >= 0.6 is 11.8 Å². The van der Waals surface area contributed by atoms with E-state index in [0.29, 0.717) is 11.7 Å². The Kier molecular flexibility index (Phi) is 5.91. The summed E-state index contributed by atoms with van der Waals surface area (Å²) in [6, 6.07) is 15.7. The van der Waals surface area contributed by atoms with Gasteiger partial charge in [0.1, 0.15) is 0 Å². The topological polar surface area (TPSA) is 63.9 Å². The van der Waals surface area contributed by atoms with Gasteiger partial charge < -0.3 is 4.90 Å². The Hall–Kier alpha value is -2.67. The van der Waals surface area contributed by atoms with Crippen LogP contribution in [0.25, 0.3) is 5.69 Å². The van der Waals surface area contributed by atoms with E-state index in [9.17, 15) is 4.79 Å². The molecule has 6 nitrogen and oxygen atoms in total. The number of amides is 1. The van der Waals surface area contributed by atoms with Gasteiger partial charge in [0.2, 0.25) is 11.1 Å². The molecule has 27 heavy (non-hydrogen) atoms. The number of anilines is 1. The van der Waals surface area contributed by atoms with E-state index in [1.165, 1.54) is 17.3 Å². The number of para-hydroxylation sites is 1. The fourth-order valence-electron chi connectivity index (χ4n) is 2.87. The summed E-state index contributed by atoms with van der Waals surface area (Å²) in [6.07, 6.45) is 0. The van der Waals surface area contributed by atoms with Gasteiger partial charge in [-0.2, -0.15) is 4.68 Å². The molecule has 0 aliphatic carbocycles. The summed E-state index contributed by atoms with van der Waals surface area (Å²) in [5.41, 5.74) is 4.11. The molecule has 0 spiro atoms. The number of rotatable bonds is 6. The first-order valence-electron chi connectivity index (χ1n) is 8.91. The molecule has 1 aromatic heterocycles. The molecule has 0 unspecified atom stereocenters. The highest BCUT2D eigenvalue weighted by Gasteiger charge is 2.24. The van der Waals surface area contributed by atoms with Gasteiger partial charge in [0.15, 0.2) is 0 Å². The van der Waals surface area contributed by atoms with Gasteiger partial charge in [-0.05, 0) is 67.4 Å². The molecule has 0 radical (unpaired) electrons. The summed E-state index contributed by atoms with van der Waals surface area (Å²) in [4.78, 5) is 14.8. The lowest BCUT2D eigenvalue weighted by Crippen LogP contribution is -2.36. The van der Waals surface area contributed by atoms with Crippen molar-refractivity contribution >= 4 is 23.4 Å². The van der Waals surface area contributed by atoms with Crippen LogP contribution in [0.5, 0.6) is 0 Å². The van der Waals surface area contributed by atoms with Crippen molar-refractivity contribution in [3.8, 4) is 5.69 Å². The highest BCUT2D eigenvalue weighted by Crippen LogP contribution is 2.27. The van der Waals surface area contributed by atoms with Crippen molar-refractivity contribution < 1.29 is 4.79 Å². The minimum atomic E-state index is -0.319. The maximum atomic E-state index is 13.0. The Bertz CT molecular complexity index is 925. The number of thioether (sulfide) groups is 1. The molecule has 3 rings (SSSR count). The number of aryl methyl sites for hydroxylation is 1. The molecular formula is C20H23N5OS. The van der Waals surface area contributed by atoms with Gasteiger partial charge in [-0.15, -0.1) is 5.10 Å². The number of aromatic nitrogens is 4. The van der Waals surface area contributed by atoms with Gasteiger partial charge in [-0.1, -0.05) is 42.1 Å². The number of hydrogen-bond acceptors (Lipinski definition) is 5. The van der Waals surface area contributed by atoms with Crippen molar-refractivity contribution in [2.24, 2.45) is 0 Å². The van der Waals surface area contributed by atoms with Gasteiger partial charge in [0.05, 0.1) is 10.9 Å². The third-order valence-electron chi connectivity index (χ3n) is 4.53. The van der Waals surface area contributed by atoms with Crippen molar-refractivity contribution in [1.29, 1.82) is 0 Å². The lowest BCUT2D eigenvalue weighted by Gasteiger charge is -2.24. The normalized spacial score (nSPS) is 12.0. The van der Waals surface area contributed by atoms with Crippen LogP contribution in [0.1, 0.15) is 25.0 Å². The Morgan fingerprint density at radius 1 is 1.15 bits per heavy atom. The third-order valence-corrected chi connectivity index (χ3v) is 5.55. The van der Waals surface area contributed by atoms with E-state index in [0.717, 1.165) is 16.9 Å². The van der Waals surface area contributed by atoms with Crippen LogP contribution in [-0.4, -0.2) is 37.9 Å². The molecule has 0 N–H and O–H groups in total. The van der Waals surface area contributed by atoms with Gasteiger partial charge in [-0.3, -0.25) is 4.79 Å². The lowest BCUT2D eigenvalue weighted by molar-refractivity contribution is -0.117. The Morgan fingerprint density at radius 3 is 2.59 bits per heavy atom. The van der Waals surface area contributed by atoms with Crippen LogP contribution in [0.2, 0.25) is 0 Å². The summed E-state index contributed by atoms with van der Waals surface area (Å²) >= 11 is 1.37. The molecule has 1 heterocycles. The van der Waals surface area contributed by atoms with Crippen LogP contribution in [0.3, 0.4) is 0 Å². The lowest BCUT2D eigenvalue weighted by atomic mass is 10.1. The second kappa shape index (κ2) is 8.35. The first kappa shape index (κ1) is 19.1. The number of tetrazole rings is 1. The molecule has 1 atom stereocenters. The largest absolute Gasteiger partial charge is 0.312 e. The van der Waals surface area contributed by atoms with Crippen LogP contribution in [0, 0.1) is 13.8 Å². The van der Waals surface area contributed by atoms with E-state index in [1.807, 2.05) is 63.2 Å². The number of carbonyl (C=O) groups is 1. The number of nitrogens with zero attached hydrogens (tertiary/aromatic N) is 5. The van der Waals surface area contributed by atoms with Crippen LogP contribution in [0.4, 0.5) is 5.69 Å². The average molecular weight is 382 g/mol. The average Bonchev–Trinajstić information content (AvgIpc) is 3.13. The summed E-state index contributed by atoms with van der Waals surface area (Å²) in [6.45, 7) is 8.57. The molecule has 1 amide bonds. The molecular weight excluding hydrogens is 358 g/mol. The smallest absolute Gasteiger partial charge is 0.240 e. The second-order valence-corrected chi connectivity index (χ2v) is 7.58. The molecule has 0 saturated carbocycles. The van der Waals surface area contributed by atoms with E-state index in [4.69, 9.17) is 0 Å². The quantitative estimate of drug-likeness (QED) is 0.608. The fourth-order valence-corrected chi connectivity index (χ4v) is 3.73. The predicted molar refractivity (Wildman–Crippen MR) is 108 cm³/mol. The van der Waals surface area contributed by atoms with Gasteiger partial charge in [-0.25, -0.2) is 0 Å². The number of benzene rings is 2. The predicted octanol–water partition coefficient (Wildman–Crippen LogP) is 3.81. The van der Waals surface area contributed by atoms with Crippen molar-refractivity contribution in [2.45, 2.75) is 38.1 Å². The van der Waals surface area contributed by atoms with E-state index in [1.54, 1.807) is 9.58 Å². The van der Waals surface area contributed by atoms with Gasteiger partial charge >= 0.3 is 0 Å². The Balaban J connectivity index is 1.83. The minimum Gasteiger partial charge on any atom is -0.312 e. The van der Waals surface area contributed by atoms with Crippen molar-refractivity contribution in [3.63, 3.8) is 0 Å². The van der Waals surface area contributed by atoms with E-state index in [-0.39, 0.29) is 11.2 Å². The zero-order chi connectivity index (χ0) is 19.4. The van der Waals surface area contributed by atoms with Crippen LogP contribution in [0.15, 0.2) is 53.7 Å². The number of hydrogen-bond donors (Lipinski definition) is 0. The van der Waals surface area contributed by atoms with Crippen LogP contribution in [-0.2, 0) is 4.79 Å². The molecule has 0 fully saturated rings. The molecule has 0 saturated heterocycles. The maximum Gasteiger partial charge on any atom is 0.240 e. The molecule has 0 bridgehead atoms. The molecule has 3 aromatic rings. The van der Waals surface area contributed by atoms with Crippen LogP contribution < -0.4 is 4.90 Å². The van der Waals surface area contributed by atoms with Crippen molar-refractivity contribution in [1.82, 2.24) is 20.2 Å². The van der Waals surface area contributed by atoms with E-state index in [2.05, 4.69) is 28.5 Å². The first-order chi connectivity index (χ1) is 13.0. The highest BCUT2D eigenvalue weighted by atomic mass is 32.2. The highest BCUT2D eigenvalue weighted by molar-refractivity contribution is 8.00. The van der Waals surface area contributed by atoms with E-state index >= 15 is 0 Å². The number of carbonyl (C=O) groups excluding carboxylic acids is 1. The van der Waals surface area contributed by atoms with Crippen molar-refractivity contribution in [3.05, 3.63) is 59.7 Å². The third kappa shape index (κ3) is 4.03. The van der Waals surface area contributed by atoms with Crippen molar-refractivity contribution in [2.75, 3.05) is 11.4 Å². The van der Waals surface area contributed by atoms with Gasteiger partial charge in [0, 0.05) is 12.2 Å². The van der Waals surface area contributed by atoms with Gasteiger partial charge in [0.25, 0.3) is 0 Å². The maximum absolute atomic E-state index is 13.0. The SMILES string of the molecule is CCN(C(=O)[C@@H](C)Sc1nnnn1-c1cccc(C)c1C)c1ccccc1. The fraction of sp³-hybridized carbons (Fsp3) is 0.300. The molecule has 0 aliphatic rings. The Morgan fingerprint density at radius 2 is 1.89 bits per heavy atom. The molecule has 140 valence electrons. The molecule has 0 aliphatic heterocycles. The standard InChI is InChI=1S/C20H23N5OS/c1-5-24(17-11-7-6-8-12-17)19(26)16(4)27-20-21-22-23-25(20)18-13-9-10-14(2)15(18)3/h6-13,16H,5H2,1-4H3/t16-/m1/s1. The first-order valence-corrected chi connectivity index (χ1v) is 9.79. The Labute approximate surface area is 163 Å². The molecule has 2 aromatic carbocycles. The summed E-state index contributed by atoms with van der Waals surface area (Å²) < 4.78 is 1.70. The molecule has 7 heteroatoms. The minimum absolute atomic E-state index is 0.0317. The zero-order valence-electron chi connectivity index (χ0n) is 16.0. The second-order valence-electron chi connectivity index (χ2n) is 6.27. The summed E-state index contributed by atoms with van der Waals surface area (Å²) in [5.74, 6) is 0.0317. The monoisotopic (exact) mass is 381 g/mol. The summed E-state index contributed by atoms with van der Waals surface area (Å²) in [7, 11) is 0. The van der Waals surface area contributed by atoms with E-state index < -0.39 is 0 Å². The zero-order valence-corrected chi connectivity index (χ0v) is 16.8. The summed E-state index contributed by atoms with van der Waals surface area (Å²) in [5, 5.41) is 12.4.